The van der Waals surface area contributed by atoms with Gasteiger partial charge in [-0.1, -0.05) is 23.7 Å². The summed E-state index contributed by atoms with van der Waals surface area (Å²) in [5.41, 5.74) is 0.00884. The van der Waals surface area contributed by atoms with E-state index in [4.69, 9.17) is 11.6 Å². The zero-order valence-corrected chi connectivity index (χ0v) is 16.9. The minimum Gasteiger partial charge on any atom is -0.346 e. The van der Waals surface area contributed by atoms with Gasteiger partial charge in [0.2, 0.25) is 0 Å². The van der Waals surface area contributed by atoms with Crippen LogP contribution in [0, 0.1) is 0 Å². The number of aromatic nitrogens is 5. The lowest BCUT2D eigenvalue weighted by molar-refractivity contribution is -0.142. The summed E-state index contributed by atoms with van der Waals surface area (Å²) in [5, 5.41) is 11.0. The Kier molecular flexibility index (Phi) is 5.40. The maximum Gasteiger partial charge on any atom is 0.433 e. The number of amides is 1. The molecule has 0 aliphatic carbocycles. The zero-order chi connectivity index (χ0) is 22.2. The molecule has 0 unspecified atom stereocenters. The van der Waals surface area contributed by atoms with E-state index in [2.05, 4.69) is 20.5 Å². The predicted molar refractivity (Wildman–Crippen MR) is 108 cm³/mol. The van der Waals surface area contributed by atoms with Crippen molar-refractivity contribution in [1.29, 1.82) is 0 Å². The first-order valence-corrected chi connectivity index (χ1v) is 9.66. The number of halogens is 4. The number of fused-ring (bicyclic) bond motifs is 1. The standard InChI is InChI=1S/C20H16ClF3N6O/c1-2-29-11-12(10-26-29)9-25-19(31)16-8-18-27-15(13-3-5-14(21)6-4-13)7-17(20(22,23)24)30(18)28-16/h3-8,10-11H,2,9H2,1H3,(H,25,31). The summed E-state index contributed by atoms with van der Waals surface area (Å²) in [4.78, 5) is 16.7. The van der Waals surface area contributed by atoms with Gasteiger partial charge < -0.3 is 5.32 Å². The van der Waals surface area contributed by atoms with Crippen LogP contribution < -0.4 is 5.32 Å². The van der Waals surface area contributed by atoms with Gasteiger partial charge in [-0.05, 0) is 25.1 Å². The van der Waals surface area contributed by atoms with Crippen LogP contribution in [0.25, 0.3) is 16.9 Å². The third-order valence-electron chi connectivity index (χ3n) is 4.55. The van der Waals surface area contributed by atoms with Crippen LogP contribution in [0.3, 0.4) is 0 Å². The van der Waals surface area contributed by atoms with Gasteiger partial charge in [0, 0.05) is 41.5 Å². The third-order valence-corrected chi connectivity index (χ3v) is 4.81. The second-order valence-electron chi connectivity index (χ2n) is 6.72. The third kappa shape index (κ3) is 4.38. The Morgan fingerprint density at radius 2 is 1.94 bits per heavy atom. The maximum absolute atomic E-state index is 13.7. The van der Waals surface area contributed by atoms with Crippen molar-refractivity contribution in [2.45, 2.75) is 26.2 Å². The van der Waals surface area contributed by atoms with Crippen LogP contribution in [-0.2, 0) is 19.3 Å². The van der Waals surface area contributed by atoms with Crippen molar-refractivity contribution < 1.29 is 18.0 Å². The van der Waals surface area contributed by atoms with E-state index < -0.39 is 17.8 Å². The van der Waals surface area contributed by atoms with E-state index in [1.165, 1.54) is 6.07 Å². The molecule has 0 saturated heterocycles. The first-order valence-electron chi connectivity index (χ1n) is 9.28. The number of hydrogen-bond donors (Lipinski definition) is 1. The SMILES string of the molecule is CCn1cc(CNC(=O)c2cc3nc(-c4ccc(Cl)cc4)cc(C(F)(F)F)n3n2)cn1. The Morgan fingerprint density at radius 3 is 2.58 bits per heavy atom. The fourth-order valence-corrected chi connectivity index (χ4v) is 3.13. The molecule has 3 aromatic heterocycles. The smallest absolute Gasteiger partial charge is 0.346 e. The molecule has 0 aliphatic rings. The first-order chi connectivity index (χ1) is 14.7. The fourth-order valence-electron chi connectivity index (χ4n) is 3.00. The molecular weight excluding hydrogens is 433 g/mol. The number of carbonyl (C=O) groups is 1. The summed E-state index contributed by atoms with van der Waals surface area (Å²) in [5.74, 6) is -0.615. The largest absolute Gasteiger partial charge is 0.433 e. The van der Waals surface area contributed by atoms with E-state index in [1.807, 2.05) is 6.92 Å². The Bertz CT molecular complexity index is 1250. The number of alkyl halides is 3. The van der Waals surface area contributed by atoms with Gasteiger partial charge >= 0.3 is 6.18 Å². The quantitative estimate of drug-likeness (QED) is 0.496. The summed E-state index contributed by atoms with van der Waals surface area (Å²) in [7, 11) is 0. The minimum atomic E-state index is -4.70. The average molecular weight is 449 g/mol. The maximum atomic E-state index is 13.7. The molecule has 0 bridgehead atoms. The van der Waals surface area contributed by atoms with E-state index in [0.29, 0.717) is 21.6 Å². The van der Waals surface area contributed by atoms with E-state index in [9.17, 15) is 18.0 Å². The molecule has 1 aromatic carbocycles. The Hall–Kier alpha value is -3.40. The van der Waals surface area contributed by atoms with Gasteiger partial charge in [0.25, 0.3) is 5.91 Å². The Labute approximate surface area is 179 Å². The van der Waals surface area contributed by atoms with Crippen LogP contribution in [-0.4, -0.2) is 30.3 Å². The van der Waals surface area contributed by atoms with Crippen LogP contribution in [0.15, 0.2) is 48.8 Å². The molecule has 0 spiro atoms. The molecule has 31 heavy (non-hydrogen) atoms. The number of benzene rings is 1. The van der Waals surface area contributed by atoms with Crippen molar-refractivity contribution >= 4 is 23.2 Å². The summed E-state index contributed by atoms with van der Waals surface area (Å²) in [6.07, 6.45) is -1.32. The average Bonchev–Trinajstić information content (AvgIpc) is 3.37. The van der Waals surface area contributed by atoms with Crippen LogP contribution in [0.4, 0.5) is 13.2 Å². The lowest BCUT2D eigenvalue weighted by Crippen LogP contribution is -2.23. The number of nitrogens with zero attached hydrogens (tertiary/aromatic N) is 5. The predicted octanol–water partition coefficient (Wildman–Crippen LogP) is 4.21. The molecule has 11 heteroatoms. The van der Waals surface area contributed by atoms with Crippen molar-refractivity contribution in [1.82, 2.24) is 29.7 Å². The number of aryl methyl sites for hydroxylation is 1. The number of nitrogens with one attached hydrogen (secondary N) is 1. The molecule has 0 fully saturated rings. The highest BCUT2D eigenvalue weighted by Crippen LogP contribution is 2.32. The van der Waals surface area contributed by atoms with Crippen molar-refractivity contribution in [2.24, 2.45) is 0 Å². The number of carbonyl (C=O) groups excluding carboxylic acids is 1. The highest BCUT2D eigenvalue weighted by molar-refractivity contribution is 6.30. The van der Waals surface area contributed by atoms with Gasteiger partial charge in [-0.15, -0.1) is 0 Å². The Balaban J connectivity index is 1.67. The monoisotopic (exact) mass is 448 g/mol. The molecule has 1 amide bonds. The lowest BCUT2D eigenvalue weighted by atomic mass is 10.1. The highest BCUT2D eigenvalue weighted by Gasteiger charge is 2.35. The van der Waals surface area contributed by atoms with Crippen molar-refractivity contribution in [3.8, 4) is 11.3 Å². The van der Waals surface area contributed by atoms with E-state index in [0.717, 1.165) is 11.6 Å². The van der Waals surface area contributed by atoms with Gasteiger partial charge in [0.05, 0.1) is 11.9 Å². The Morgan fingerprint density at radius 1 is 1.19 bits per heavy atom. The molecule has 4 aromatic rings. The normalized spacial score (nSPS) is 11.8. The number of hydrogen-bond acceptors (Lipinski definition) is 4. The van der Waals surface area contributed by atoms with E-state index in [1.54, 1.807) is 41.3 Å². The molecule has 3 heterocycles. The lowest BCUT2D eigenvalue weighted by Gasteiger charge is -2.11. The summed E-state index contributed by atoms with van der Waals surface area (Å²) in [6.45, 7) is 2.78. The topological polar surface area (TPSA) is 77.1 Å². The molecule has 0 aliphatic heterocycles. The highest BCUT2D eigenvalue weighted by atomic mass is 35.5. The van der Waals surface area contributed by atoms with Crippen molar-refractivity contribution in [3.05, 3.63) is 70.8 Å². The van der Waals surface area contributed by atoms with Crippen LogP contribution in [0.2, 0.25) is 5.02 Å². The second-order valence-corrected chi connectivity index (χ2v) is 7.15. The van der Waals surface area contributed by atoms with Crippen LogP contribution in [0.1, 0.15) is 28.7 Å². The molecule has 0 radical (unpaired) electrons. The molecular formula is C20H16ClF3N6O. The number of rotatable bonds is 5. The summed E-state index contributed by atoms with van der Waals surface area (Å²) >= 11 is 5.86. The summed E-state index contributed by atoms with van der Waals surface area (Å²) in [6, 6.07) is 8.38. The van der Waals surface area contributed by atoms with Gasteiger partial charge in [0.1, 0.15) is 0 Å². The van der Waals surface area contributed by atoms with Crippen LogP contribution >= 0.6 is 11.6 Å². The molecule has 160 valence electrons. The minimum absolute atomic E-state index is 0.0929. The molecule has 0 atom stereocenters. The molecule has 1 N–H and O–H groups in total. The van der Waals surface area contributed by atoms with E-state index in [-0.39, 0.29) is 23.6 Å². The van der Waals surface area contributed by atoms with Crippen LogP contribution in [0.5, 0.6) is 0 Å². The second kappa shape index (κ2) is 8.03. The van der Waals surface area contributed by atoms with Gasteiger partial charge in [-0.25, -0.2) is 9.50 Å². The molecule has 7 nitrogen and oxygen atoms in total. The zero-order valence-electron chi connectivity index (χ0n) is 16.2. The van der Waals surface area contributed by atoms with Gasteiger partial charge in [0.15, 0.2) is 17.0 Å². The molecule has 4 rings (SSSR count). The van der Waals surface area contributed by atoms with Gasteiger partial charge in [-0.3, -0.25) is 9.48 Å². The van der Waals surface area contributed by atoms with Gasteiger partial charge in [-0.2, -0.15) is 23.4 Å². The fraction of sp³-hybridized carbons (Fsp3) is 0.200. The van der Waals surface area contributed by atoms with Crippen molar-refractivity contribution in [3.63, 3.8) is 0 Å². The first kappa shape index (κ1) is 20.9. The van der Waals surface area contributed by atoms with Crippen molar-refractivity contribution in [2.75, 3.05) is 0 Å². The molecule has 0 saturated carbocycles. The van der Waals surface area contributed by atoms with E-state index >= 15 is 0 Å². The summed E-state index contributed by atoms with van der Waals surface area (Å²) < 4.78 is 43.3.